The SMILES string of the molecule is COC(=O)c1ccc([C@H]2CC3(CCN2Cc2c(OC)cc(C)c4c2ccn4C(=O)OC(C)(C)C)CC3)c(N(C)C)c1. The van der Waals surface area contributed by atoms with Gasteiger partial charge in [0.15, 0.2) is 0 Å². The van der Waals surface area contributed by atoms with Crippen molar-refractivity contribution in [3.8, 4) is 5.75 Å². The molecule has 220 valence electrons. The number of carbonyl (C=O) groups excluding carboxylic acids is 2. The number of anilines is 1. The molecule has 0 N–H and O–H groups in total. The average molecular weight is 562 g/mol. The largest absolute Gasteiger partial charge is 0.496 e. The first-order chi connectivity index (χ1) is 19.4. The fraction of sp³-hybridized carbons (Fsp3) is 0.515. The van der Waals surface area contributed by atoms with Crippen molar-refractivity contribution in [2.45, 2.75) is 71.6 Å². The van der Waals surface area contributed by atoms with Crippen LogP contribution in [0.5, 0.6) is 5.75 Å². The van der Waals surface area contributed by atoms with Gasteiger partial charge in [0.2, 0.25) is 0 Å². The number of piperidine rings is 1. The Kier molecular flexibility index (Phi) is 7.57. The summed E-state index contributed by atoms with van der Waals surface area (Å²) in [7, 11) is 7.16. The fourth-order valence-electron chi connectivity index (χ4n) is 6.34. The Balaban J connectivity index is 1.57. The molecule has 1 aliphatic heterocycles. The molecule has 1 aliphatic carbocycles. The number of aryl methyl sites for hydroxylation is 1. The zero-order valence-corrected chi connectivity index (χ0v) is 25.7. The number of ether oxygens (including phenoxy) is 3. The molecular weight excluding hydrogens is 518 g/mol. The third-order valence-corrected chi connectivity index (χ3v) is 8.65. The second kappa shape index (κ2) is 10.7. The van der Waals surface area contributed by atoms with Gasteiger partial charge in [0, 0.05) is 49.5 Å². The smallest absolute Gasteiger partial charge is 0.419 e. The molecule has 3 aromatic rings. The summed E-state index contributed by atoms with van der Waals surface area (Å²) in [5.41, 5.74) is 5.46. The summed E-state index contributed by atoms with van der Waals surface area (Å²) >= 11 is 0. The molecule has 8 heteroatoms. The lowest BCUT2D eigenvalue weighted by Gasteiger charge is -2.42. The van der Waals surface area contributed by atoms with Gasteiger partial charge < -0.3 is 19.1 Å². The van der Waals surface area contributed by atoms with Crippen LogP contribution >= 0.6 is 0 Å². The van der Waals surface area contributed by atoms with E-state index < -0.39 is 5.60 Å². The number of methoxy groups -OCH3 is 2. The molecule has 1 spiro atoms. The minimum Gasteiger partial charge on any atom is -0.496 e. The maximum atomic E-state index is 13.1. The quantitative estimate of drug-likeness (QED) is 0.310. The van der Waals surface area contributed by atoms with Gasteiger partial charge >= 0.3 is 12.1 Å². The standard InChI is InChI=1S/C33H43N3O5/c1-21-17-28(39-7)25(23-11-15-36(29(21)23)31(38)41-32(2,3)4)20-35-16-14-33(12-13-33)19-27(35)24-10-9-22(30(37)40-8)18-26(24)34(5)6/h9-11,15,17-18,27H,12-14,16,19-20H2,1-8H3/t27-/m1/s1. The summed E-state index contributed by atoms with van der Waals surface area (Å²) in [5, 5.41) is 0.993. The van der Waals surface area contributed by atoms with Crippen molar-refractivity contribution < 1.29 is 23.8 Å². The number of fused-ring (bicyclic) bond motifs is 1. The second-order valence-corrected chi connectivity index (χ2v) is 12.9. The van der Waals surface area contributed by atoms with Crippen LogP contribution in [0.4, 0.5) is 10.5 Å². The van der Waals surface area contributed by atoms with Crippen molar-refractivity contribution in [3.05, 3.63) is 58.8 Å². The Morgan fingerprint density at radius 1 is 1.07 bits per heavy atom. The molecule has 8 nitrogen and oxygen atoms in total. The van der Waals surface area contributed by atoms with Gasteiger partial charge in [-0.2, -0.15) is 0 Å². The summed E-state index contributed by atoms with van der Waals surface area (Å²) in [6.07, 6.45) is 6.19. The highest BCUT2D eigenvalue weighted by molar-refractivity contribution is 5.95. The molecule has 2 heterocycles. The first kappa shape index (κ1) is 29.0. The second-order valence-electron chi connectivity index (χ2n) is 12.9. The van der Waals surface area contributed by atoms with Crippen LogP contribution in [0.25, 0.3) is 10.9 Å². The monoisotopic (exact) mass is 561 g/mol. The molecule has 5 rings (SSSR count). The van der Waals surface area contributed by atoms with E-state index >= 15 is 0 Å². The highest BCUT2D eigenvalue weighted by atomic mass is 16.6. The Labute approximate surface area is 243 Å². The van der Waals surface area contributed by atoms with Crippen molar-refractivity contribution in [2.24, 2.45) is 5.41 Å². The summed E-state index contributed by atoms with van der Waals surface area (Å²) in [6, 6.07) is 10.1. The van der Waals surface area contributed by atoms with E-state index in [1.807, 2.05) is 66.1 Å². The Bertz CT molecular complexity index is 1480. The molecule has 1 saturated heterocycles. The van der Waals surface area contributed by atoms with E-state index in [0.29, 0.717) is 17.5 Å². The van der Waals surface area contributed by atoms with Gasteiger partial charge in [-0.3, -0.25) is 9.47 Å². The predicted octanol–water partition coefficient (Wildman–Crippen LogP) is 6.71. The third kappa shape index (κ3) is 5.67. The van der Waals surface area contributed by atoms with E-state index in [-0.39, 0.29) is 18.1 Å². The van der Waals surface area contributed by atoms with E-state index in [2.05, 4.69) is 15.9 Å². The van der Waals surface area contributed by atoms with Crippen LogP contribution in [0, 0.1) is 12.3 Å². The summed E-state index contributed by atoms with van der Waals surface area (Å²) in [6.45, 7) is 9.26. The number of hydrogen-bond acceptors (Lipinski definition) is 7. The molecule has 0 amide bonds. The minimum atomic E-state index is -0.593. The van der Waals surface area contributed by atoms with E-state index in [4.69, 9.17) is 14.2 Å². The van der Waals surface area contributed by atoms with Gasteiger partial charge in [0.25, 0.3) is 0 Å². The zero-order chi connectivity index (χ0) is 29.7. The summed E-state index contributed by atoms with van der Waals surface area (Å²) < 4.78 is 18.3. The predicted molar refractivity (Wildman–Crippen MR) is 161 cm³/mol. The van der Waals surface area contributed by atoms with Crippen molar-refractivity contribution in [1.29, 1.82) is 0 Å². The van der Waals surface area contributed by atoms with Crippen molar-refractivity contribution in [3.63, 3.8) is 0 Å². The highest BCUT2D eigenvalue weighted by Gasteiger charge is 2.49. The van der Waals surface area contributed by atoms with Gasteiger partial charge in [0.1, 0.15) is 11.4 Å². The Morgan fingerprint density at radius 3 is 2.41 bits per heavy atom. The van der Waals surface area contributed by atoms with Gasteiger partial charge in [0.05, 0.1) is 25.3 Å². The molecule has 41 heavy (non-hydrogen) atoms. The number of nitrogens with zero attached hydrogens (tertiary/aromatic N) is 3. The molecule has 2 aromatic carbocycles. The molecule has 0 unspecified atom stereocenters. The number of carbonyl (C=O) groups is 2. The van der Waals surface area contributed by atoms with Crippen LogP contribution in [-0.4, -0.2) is 62.0 Å². The van der Waals surface area contributed by atoms with Crippen LogP contribution in [0.3, 0.4) is 0 Å². The topological polar surface area (TPSA) is 73.2 Å². The molecule has 1 atom stereocenters. The van der Waals surface area contributed by atoms with E-state index in [1.54, 1.807) is 17.9 Å². The number of benzene rings is 2. The van der Waals surface area contributed by atoms with E-state index in [1.165, 1.54) is 25.5 Å². The maximum absolute atomic E-state index is 13.1. The van der Waals surface area contributed by atoms with Gasteiger partial charge in [-0.25, -0.2) is 9.59 Å². The molecule has 0 radical (unpaired) electrons. The summed E-state index contributed by atoms with van der Waals surface area (Å²) in [4.78, 5) is 30.1. The lowest BCUT2D eigenvalue weighted by molar-refractivity contribution is 0.0542. The van der Waals surface area contributed by atoms with Crippen LogP contribution in [0.1, 0.15) is 79.5 Å². The third-order valence-electron chi connectivity index (χ3n) is 8.65. The maximum Gasteiger partial charge on any atom is 0.419 e. The Morgan fingerprint density at radius 2 is 1.80 bits per heavy atom. The normalized spacial score (nSPS) is 18.4. The number of hydrogen-bond donors (Lipinski definition) is 0. The zero-order valence-electron chi connectivity index (χ0n) is 25.7. The molecule has 1 aromatic heterocycles. The van der Waals surface area contributed by atoms with Crippen molar-refractivity contribution >= 4 is 28.7 Å². The first-order valence-electron chi connectivity index (χ1n) is 14.4. The lowest BCUT2D eigenvalue weighted by atomic mass is 9.83. The van der Waals surface area contributed by atoms with Gasteiger partial charge in [-0.15, -0.1) is 0 Å². The van der Waals surface area contributed by atoms with E-state index in [9.17, 15) is 9.59 Å². The Hall–Kier alpha value is -3.52. The minimum absolute atomic E-state index is 0.171. The van der Waals surface area contributed by atoms with Crippen LogP contribution < -0.4 is 9.64 Å². The van der Waals surface area contributed by atoms with Crippen molar-refractivity contribution in [2.75, 3.05) is 39.8 Å². The molecule has 1 saturated carbocycles. The molecule has 2 fully saturated rings. The van der Waals surface area contributed by atoms with Crippen molar-refractivity contribution in [1.82, 2.24) is 9.47 Å². The molecule has 0 bridgehead atoms. The van der Waals surface area contributed by atoms with Crippen LogP contribution in [0.2, 0.25) is 0 Å². The number of esters is 1. The number of aromatic nitrogens is 1. The van der Waals surface area contributed by atoms with Gasteiger partial charge in [-0.05, 0) is 101 Å². The lowest BCUT2D eigenvalue weighted by Crippen LogP contribution is -2.38. The van der Waals surface area contributed by atoms with Gasteiger partial charge in [-0.1, -0.05) is 6.07 Å². The molecular formula is C33H43N3O5. The number of rotatable bonds is 6. The fourth-order valence-corrected chi connectivity index (χ4v) is 6.34. The van der Waals surface area contributed by atoms with E-state index in [0.717, 1.165) is 52.9 Å². The number of likely N-dealkylation sites (tertiary alicyclic amines) is 1. The first-order valence-corrected chi connectivity index (χ1v) is 14.4. The van der Waals surface area contributed by atoms with Crippen LogP contribution in [-0.2, 0) is 16.0 Å². The highest BCUT2D eigenvalue weighted by Crippen LogP contribution is 2.59. The van der Waals surface area contributed by atoms with Crippen LogP contribution in [0.15, 0.2) is 36.5 Å². The average Bonchev–Trinajstić information content (AvgIpc) is 3.51. The summed E-state index contributed by atoms with van der Waals surface area (Å²) in [5.74, 6) is 0.483. The molecule has 2 aliphatic rings.